The second-order valence-corrected chi connectivity index (χ2v) is 6.20. The lowest BCUT2D eigenvalue weighted by Gasteiger charge is -2.24. The summed E-state index contributed by atoms with van der Waals surface area (Å²) in [5, 5.41) is 3.47. The first kappa shape index (κ1) is 15.3. The largest absolute Gasteiger partial charge is 0.389 e. The van der Waals surface area contributed by atoms with Crippen LogP contribution in [-0.4, -0.2) is 36.1 Å². The van der Waals surface area contributed by atoms with Crippen molar-refractivity contribution in [1.82, 2.24) is 4.90 Å². The first-order valence-electron chi connectivity index (χ1n) is 7.42. The van der Waals surface area contributed by atoms with Gasteiger partial charge in [0.1, 0.15) is 4.99 Å². The molecule has 0 aliphatic heterocycles. The summed E-state index contributed by atoms with van der Waals surface area (Å²) in [6.07, 6.45) is 5.45. The molecule has 0 radical (unpaired) electrons. The van der Waals surface area contributed by atoms with Crippen LogP contribution in [0.15, 0.2) is 18.2 Å². The Morgan fingerprint density at radius 3 is 2.75 bits per heavy atom. The van der Waals surface area contributed by atoms with Crippen molar-refractivity contribution in [2.24, 2.45) is 5.73 Å². The van der Waals surface area contributed by atoms with Gasteiger partial charge < -0.3 is 16.0 Å². The number of aryl methyl sites for hydroxylation is 1. The van der Waals surface area contributed by atoms with Crippen LogP contribution >= 0.6 is 12.2 Å². The van der Waals surface area contributed by atoms with Gasteiger partial charge in [-0.1, -0.05) is 36.7 Å². The summed E-state index contributed by atoms with van der Waals surface area (Å²) in [5.74, 6) is 0. The van der Waals surface area contributed by atoms with Crippen molar-refractivity contribution in [3.63, 3.8) is 0 Å². The molecule has 1 fully saturated rings. The molecule has 3 nitrogen and oxygen atoms in total. The third kappa shape index (κ3) is 3.93. The fourth-order valence-electron chi connectivity index (χ4n) is 2.91. The lowest BCUT2D eigenvalue weighted by Crippen LogP contribution is -2.33. The maximum Gasteiger partial charge on any atom is 0.106 e. The summed E-state index contributed by atoms with van der Waals surface area (Å²) in [6, 6.07) is 6.97. The molecule has 0 amide bonds. The van der Waals surface area contributed by atoms with Crippen molar-refractivity contribution in [1.29, 1.82) is 0 Å². The third-order valence-corrected chi connectivity index (χ3v) is 4.39. The predicted molar refractivity (Wildman–Crippen MR) is 90.4 cm³/mol. The van der Waals surface area contributed by atoms with E-state index in [1.54, 1.807) is 0 Å². The Balaban J connectivity index is 1.89. The monoisotopic (exact) mass is 291 g/mol. The topological polar surface area (TPSA) is 41.3 Å². The lowest BCUT2D eigenvalue weighted by atomic mass is 10.1. The Kier molecular flexibility index (Phi) is 5.38. The Morgan fingerprint density at radius 1 is 1.40 bits per heavy atom. The summed E-state index contributed by atoms with van der Waals surface area (Å²) < 4.78 is 0. The molecule has 3 N–H and O–H groups in total. The zero-order chi connectivity index (χ0) is 14.5. The van der Waals surface area contributed by atoms with Crippen LogP contribution in [0, 0.1) is 6.92 Å². The fraction of sp³-hybridized carbons (Fsp3) is 0.562. The Morgan fingerprint density at radius 2 is 2.10 bits per heavy atom. The van der Waals surface area contributed by atoms with E-state index >= 15 is 0 Å². The number of hydrogen-bond acceptors (Lipinski definition) is 3. The van der Waals surface area contributed by atoms with Gasteiger partial charge in [0, 0.05) is 30.4 Å². The van der Waals surface area contributed by atoms with E-state index in [1.165, 1.54) is 31.2 Å². The van der Waals surface area contributed by atoms with Gasteiger partial charge in [-0.25, -0.2) is 0 Å². The highest BCUT2D eigenvalue weighted by Gasteiger charge is 2.18. The lowest BCUT2D eigenvalue weighted by molar-refractivity contribution is 0.254. The van der Waals surface area contributed by atoms with E-state index in [0.717, 1.165) is 30.4 Å². The Labute approximate surface area is 127 Å². The second kappa shape index (κ2) is 7.04. The van der Waals surface area contributed by atoms with Crippen molar-refractivity contribution >= 4 is 22.9 Å². The van der Waals surface area contributed by atoms with Crippen molar-refractivity contribution < 1.29 is 0 Å². The quantitative estimate of drug-likeness (QED) is 0.791. The van der Waals surface area contributed by atoms with Crippen LogP contribution in [0.5, 0.6) is 0 Å². The standard InChI is InChI=1S/C16H25N3S/c1-12-7-8-15(14(11-12)16(17)20)18-9-10-19(2)13-5-3-4-6-13/h7-8,11,13,18H,3-6,9-10H2,1-2H3,(H2,17,20). The summed E-state index contributed by atoms with van der Waals surface area (Å²) in [7, 11) is 2.22. The molecule has 0 saturated heterocycles. The normalized spacial score (nSPS) is 15.8. The number of anilines is 1. The number of rotatable bonds is 6. The molecule has 1 saturated carbocycles. The van der Waals surface area contributed by atoms with Crippen LogP contribution in [0.1, 0.15) is 36.8 Å². The second-order valence-electron chi connectivity index (χ2n) is 5.76. The summed E-state index contributed by atoms with van der Waals surface area (Å²) in [5.41, 5.74) is 8.97. The van der Waals surface area contributed by atoms with Crippen molar-refractivity contribution in [3.05, 3.63) is 29.3 Å². The molecule has 0 heterocycles. The average Bonchev–Trinajstić information content (AvgIpc) is 2.94. The Hall–Kier alpha value is -1.13. The van der Waals surface area contributed by atoms with Gasteiger partial charge in [0.2, 0.25) is 0 Å². The van der Waals surface area contributed by atoms with Gasteiger partial charge in [-0.15, -0.1) is 0 Å². The molecule has 2 rings (SSSR count). The molecule has 1 aliphatic carbocycles. The molecular weight excluding hydrogens is 266 g/mol. The highest BCUT2D eigenvalue weighted by atomic mass is 32.1. The van der Waals surface area contributed by atoms with Crippen LogP contribution in [-0.2, 0) is 0 Å². The minimum Gasteiger partial charge on any atom is -0.389 e. The summed E-state index contributed by atoms with van der Waals surface area (Å²) >= 11 is 5.13. The van der Waals surface area contributed by atoms with Gasteiger partial charge in [0.25, 0.3) is 0 Å². The van der Waals surface area contributed by atoms with Crippen LogP contribution in [0.25, 0.3) is 0 Å². The van der Waals surface area contributed by atoms with Crippen molar-refractivity contribution in [2.75, 3.05) is 25.5 Å². The van der Waals surface area contributed by atoms with Gasteiger partial charge in [-0.05, 0) is 38.9 Å². The van der Waals surface area contributed by atoms with E-state index in [9.17, 15) is 0 Å². The minimum absolute atomic E-state index is 0.459. The predicted octanol–water partition coefficient (Wildman–Crippen LogP) is 2.92. The van der Waals surface area contributed by atoms with Gasteiger partial charge in [0.15, 0.2) is 0 Å². The molecule has 0 spiro atoms. The minimum atomic E-state index is 0.459. The highest BCUT2D eigenvalue weighted by molar-refractivity contribution is 7.80. The number of nitrogens with one attached hydrogen (secondary N) is 1. The zero-order valence-corrected chi connectivity index (χ0v) is 13.3. The third-order valence-electron chi connectivity index (χ3n) is 4.17. The van der Waals surface area contributed by atoms with Gasteiger partial charge in [0.05, 0.1) is 0 Å². The van der Waals surface area contributed by atoms with E-state index in [2.05, 4.69) is 36.3 Å². The van der Waals surface area contributed by atoms with Crippen LogP contribution in [0.3, 0.4) is 0 Å². The molecule has 0 aromatic heterocycles. The molecule has 1 aliphatic rings. The average molecular weight is 291 g/mol. The van der Waals surface area contributed by atoms with E-state index in [1.807, 2.05) is 6.07 Å². The molecular formula is C16H25N3S. The van der Waals surface area contributed by atoms with Crippen LogP contribution < -0.4 is 11.1 Å². The molecule has 20 heavy (non-hydrogen) atoms. The molecule has 0 bridgehead atoms. The molecule has 1 aromatic rings. The number of thiocarbonyl (C=S) groups is 1. The zero-order valence-electron chi connectivity index (χ0n) is 12.5. The highest BCUT2D eigenvalue weighted by Crippen LogP contribution is 2.22. The summed E-state index contributed by atoms with van der Waals surface area (Å²) in [6.45, 7) is 4.03. The number of likely N-dealkylation sites (N-methyl/N-ethyl adjacent to an activating group) is 1. The molecule has 110 valence electrons. The summed E-state index contributed by atoms with van der Waals surface area (Å²) in [4.78, 5) is 2.93. The van der Waals surface area contributed by atoms with Crippen molar-refractivity contribution in [3.8, 4) is 0 Å². The molecule has 0 atom stereocenters. The van der Waals surface area contributed by atoms with Crippen molar-refractivity contribution in [2.45, 2.75) is 38.6 Å². The van der Waals surface area contributed by atoms with E-state index < -0.39 is 0 Å². The smallest absolute Gasteiger partial charge is 0.106 e. The van der Waals surface area contributed by atoms with E-state index in [0.29, 0.717) is 4.99 Å². The van der Waals surface area contributed by atoms with Gasteiger partial charge >= 0.3 is 0 Å². The van der Waals surface area contributed by atoms with Crippen LogP contribution in [0.2, 0.25) is 0 Å². The molecule has 0 unspecified atom stereocenters. The molecule has 4 heteroatoms. The maximum atomic E-state index is 5.80. The van der Waals surface area contributed by atoms with E-state index in [-0.39, 0.29) is 0 Å². The van der Waals surface area contributed by atoms with E-state index in [4.69, 9.17) is 18.0 Å². The van der Waals surface area contributed by atoms with Gasteiger partial charge in [-0.3, -0.25) is 0 Å². The van der Waals surface area contributed by atoms with Crippen LogP contribution in [0.4, 0.5) is 5.69 Å². The first-order valence-corrected chi connectivity index (χ1v) is 7.83. The number of benzene rings is 1. The number of hydrogen-bond donors (Lipinski definition) is 2. The SMILES string of the molecule is Cc1ccc(NCCN(C)C2CCCC2)c(C(N)=S)c1. The fourth-order valence-corrected chi connectivity index (χ4v) is 3.08. The first-order chi connectivity index (χ1) is 9.58. The number of nitrogens with two attached hydrogens (primary N) is 1. The maximum absolute atomic E-state index is 5.80. The number of nitrogens with zero attached hydrogens (tertiary/aromatic N) is 1. The van der Waals surface area contributed by atoms with Gasteiger partial charge in [-0.2, -0.15) is 0 Å². The molecule has 1 aromatic carbocycles. The Bertz CT molecular complexity index is 467.